The van der Waals surface area contributed by atoms with E-state index in [0.29, 0.717) is 12.0 Å². The van der Waals surface area contributed by atoms with Gasteiger partial charge in [-0.3, -0.25) is 4.79 Å². The highest BCUT2D eigenvalue weighted by molar-refractivity contribution is 5.74. The molecule has 2 fully saturated rings. The largest absolute Gasteiger partial charge is 0.340 e. The molecule has 98 valence electrons. The lowest BCUT2D eigenvalue weighted by Crippen LogP contribution is -2.44. The van der Waals surface area contributed by atoms with Gasteiger partial charge in [-0.05, 0) is 38.1 Å². The molecule has 0 unspecified atom stereocenters. The molecule has 1 atom stereocenters. The molecule has 1 saturated heterocycles. The highest BCUT2D eigenvalue weighted by Gasteiger charge is 2.33. The number of hydrogen-bond acceptors (Lipinski definition) is 3. The first-order valence-electron chi connectivity index (χ1n) is 6.90. The molecule has 2 rings (SSSR count). The fourth-order valence-electron chi connectivity index (χ4n) is 2.89. The number of nitrogens with zero attached hydrogens (tertiary/aromatic N) is 2. The van der Waals surface area contributed by atoms with Gasteiger partial charge in [-0.25, -0.2) is 0 Å². The van der Waals surface area contributed by atoms with Gasteiger partial charge in [0.1, 0.15) is 0 Å². The zero-order chi connectivity index (χ0) is 12.3. The summed E-state index contributed by atoms with van der Waals surface area (Å²) in [5, 5.41) is 0. The van der Waals surface area contributed by atoms with Crippen LogP contribution in [-0.4, -0.2) is 54.5 Å². The number of nitrogens with two attached hydrogens (primary N) is 1. The topological polar surface area (TPSA) is 49.6 Å². The van der Waals surface area contributed by atoms with Crippen LogP contribution < -0.4 is 5.73 Å². The molecular formula is C13H25N3O. The molecule has 0 aromatic rings. The number of rotatable bonds is 5. The van der Waals surface area contributed by atoms with E-state index < -0.39 is 0 Å². The molecule has 0 aromatic carbocycles. The normalized spacial score (nSPS) is 25.9. The van der Waals surface area contributed by atoms with Crippen LogP contribution in [0.1, 0.15) is 32.6 Å². The zero-order valence-electron chi connectivity index (χ0n) is 10.9. The van der Waals surface area contributed by atoms with Gasteiger partial charge in [0.05, 0.1) is 0 Å². The third-order valence-corrected chi connectivity index (χ3v) is 3.90. The molecule has 1 aliphatic carbocycles. The lowest BCUT2D eigenvalue weighted by molar-refractivity contribution is -0.130. The maximum absolute atomic E-state index is 11.6. The molecule has 1 aliphatic heterocycles. The summed E-state index contributed by atoms with van der Waals surface area (Å²) in [6, 6.07) is 0.553. The first-order chi connectivity index (χ1) is 8.20. The van der Waals surface area contributed by atoms with Crippen molar-refractivity contribution in [2.24, 2.45) is 11.7 Å². The third kappa shape index (κ3) is 3.68. The fraction of sp³-hybridized carbons (Fsp3) is 0.923. The van der Waals surface area contributed by atoms with Crippen molar-refractivity contribution in [1.29, 1.82) is 0 Å². The van der Waals surface area contributed by atoms with E-state index in [1.165, 1.54) is 32.2 Å². The van der Waals surface area contributed by atoms with Crippen LogP contribution in [0.5, 0.6) is 0 Å². The summed E-state index contributed by atoms with van der Waals surface area (Å²) in [4.78, 5) is 16.1. The molecule has 17 heavy (non-hydrogen) atoms. The van der Waals surface area contributed by atoms with Crippen molar-refractivity contribution in [3.05, 3.63) is 0 Å². The second-order valence-electron chi connectivity index (χ2n) is 5.50. The van der Waals surface area contributed by atoms with Crippen LogP contribution in [-0.2, 0) is 4.79 Å². The van der Waals surface area contributed by atoms with E-state index in [9.17, 15) is 4.79 Å². The van der Waals surface area contributed by atoms with Crippen molar-refractivity contribution in [2.45, 2.75) is 38.6 Å². The molecule has 4 heteroatoms. The number of carbonyl (C=O) groups excluding carboxylic acids is 1. The molecule has 1 heterocycles. The van der Waals surface area contributed by atoms with Gasteiger partial charge >= 0.3 is 0 Å². The van der Waals surface area contributed by atoms with Crippen LogP contribution in [0.15, 0.2) is 0 Å². The lowest BCUT2D eigenvalue weighted by atomic mass is 9.97. The van der Waals surface area contributed by atoms with E-state index >= 15 is 0 Å². The average Bonchev–Trinajstić information content (AvgIpc) is 3.10. The van der Waals surface area contributed by atoms with E-state index in [1.807, 2.05) is 0 Å². The minimum Gasteiger partial charge on any atom is -0.340 e. The summed E-state index contributed by atoms with van der Waals surface area (Å²) in [5.74, 6) is 0.906. The quantitative estimate of drug-likeness (QED) is 0.767. The summed E-state index contributed by atoms with van der Waals surface area (Å²) in [6.07, 6.45) is 4.93. The van der Waals surface area contributed by atoms with Crippen molar-refractivity contribution in [1.82, 2.24) is 9.80 Å². The van der Waals surface area contributed by atoms with E-state index in [1.54, 1.807) is 6.92 Å². The van der Waals surface area contributed by atoms with Crippen LogP contribution in [0.4, 0.5) is 0 Å². The van der Waals surface area contributed by atoms with Gasteiger partial charge in [0.2, 0.25) is 5.91 Å². The molecular weight excluding hydrogens is 214 g/mol. The summed E-state index contributed by atoms with van der Waals surface area (Å²) in [6.45, 7) is 6.70. The van der Waals surface area contributed by atoms with E-state index in [-0.39, 0.29) is 5.91 Å². The van der Waals surface area contributed by atoms with Gasteiger partial charge in [-0.2, -0.15) is 0 Å². The Kier molecular flexibility index (Phi) is 4.40. The summed E-state index contributed by atoms with van der Waals surface area (Å²) < 4.78 is 0. The molecule has 0 spiro atoms. The molecule has 1 amide bonds. The Bertz CT molecular complexity index is 263. The molecule has 0 aromatic heterocycles. The van der Waals surface area contributed by atoms with Crippen LogP contribution in [0.25, 0.3) is 0 Å². The van der Waals surface area contributed by atoms with Crippen molar-refractivity contribution >= 4 is 5.91 Å². The summed E-state index contributed by atoms with van der Waals surface area (Å²) >= 11 is 0. The first kappa shape index (κ1) is 12.8. The molecule has 0 radical (unpaired) electrons. The maximum atomic E-state index is 11.6. The van der Waals surface area contributed by atoms with E-state index in [0.717, 1.165) is 26.2 Å². The van der Waals surface area contributed by atoms with Gasteiger partial charge in [0.15, 0.2) is 0 Å². The van der Waals surface area contributed by atoms with E-state index in [4.69, 9.17) is 5.73 Å². The van der Waals surface area contributed by atoms with Crippen LogP contribution in [0, 0.1) is 5.92 Å². The smallest absolute Gasteiger partial charge is 0.219 e. The summed E-state index contributed by atoms with van der Waals surface area (Å²) in [5.41, 5.74) is 5.61. The minimum atomic E-state index is 0.253. The molecule has 0 bridgehead atoms. The van der Waals surface area contributed by atoms with Crippen molar-refractivity contribution in [2.75, 3.05) is 32.7 Å². The van der Waals surface area contributed by atoms with Crippen molar-refractivity contribution in [3.8, 4) is 0 Å². The van der Waals surface area contributed by atoms with Gasteiger partial charge < -0.3 is 15.5 Å². The van der Waals surface area contributed by atoms with Gasteiger partial charge in [0, 0.05) is 39.1 Å². The predicted molar refractivity (Wildman–Crippen MR) is 68.6 cm³/mol. The predicted octanol–water partition coefficient (Wildman–Crippen LogP) is 0.668. The Hall–Kier alpha value is -0.610. The second kappa shape index (κ2) is 5.83. The maximum Gasteiger partial charge on any atom is 0.219 e. The number of piperidine rings is 1. The van der Waals surface area contributed by atoms with Gasteiger partial charge in [-0.1, -0.05) is 0 Å². The minimum absolute atomic E-state index is 0.253. The van der Waals surface area contributed by atoms with Crippen LogP contribution >= 0.6 is 0 Å². The number of carbonyl (C=O) groups is 1. The number of amides is 1. The zero-order valence-corrected chi connectivity index (χ0v) is 10.9. The number of likely N-dealkylation sites (tertiary alicyclic amines) is 1. The molecule has 4 nitrogen and oxygen atoms in total. The van der Waals surface area contributed by atoms with Crippen molar-refractivity contribution < 1.29 is 4.79 Å². The number of hydrogen-bond donors (Lipinski definition) is 1. The Morgan fingerprint density at radius 1 is 1.41 bits per heavy atom. The highest BCUT2D eigenvalue weighted by Crippen LogP contribution is 2.29. The average molecular weight is 239 g/mol. The Morgan fingerprint density at radius 3 is 2.76 bits per heavy atom. The monoisotopic (exact) mass is 239 g/mol. The fourth-order valence-corrected chi connectivity index (χ4v) is 2.89. The van der Waals surface area contributed by atoms with Crippen LogP contribution in [0.3, 0.4) is 0 Å². The lowest BCUT2D eigenvalue weighted by Gasteiger charge is -2.35. The van der Waals surface area contributed by atoms with E-state index in [2.05, 4.69) is 9.80 Å². The molecule has 2 N–H and O–H groups in total. The Morgan fingerprint density at radius 2 is 2.18 bits per heavy atom. The SMILES string of the molecule is CC(=O)N(C[C@@H]1CCCN(CCN)C1)C1CC1. The van der Waals surface area contributed by atoms with Gasteiger partial charge in [-0.15, -0.1) is 0 Å². The summed E-state index contributed by atoms with van der Waals surface area (Å²) in [7, 11) is 0. The van der Waals surface area contributed by atoms with Gasteiger partial charge in [0.25, 0.3) is 0 Å². The molecule has 2 aliphatic rings. The third-order valence-electron chi connectivity index (χ3n) is 3.90. The Labute approximate surface area is 104 Å². The van der Waals surface area contributed by atoms with Crippen molar-refractivity contribution in [3.63, 3.8) is 0 Å². The first-order valence-corrected chi connectivity index (χ1v) is 6.90. The second-order valence-corrected chi connectivity index (χ2v) is 5.50. The van der Waals surface area contributed by atoms with Crippen LogP contribution in [0.2, 0.25) is 0 Å². The Balaban J connectivity index is 1.82. The molecule has 1 saturated carbocycles. The standard InChI is InChI=1S/C13H25N3O/c1-11(17)16(13-4-5-13)10-12-3-2-7-15(9-12)8-6-14/h12-13H,2-10,14H2,1H3/t12-/m1/s1. The highest BCUT2D eigenvalue weighted by atomic mass is 16.2.